The Morgan fingerprint density at radius 3 is 2.71 bits per heavy atom. The van der Waals surface area contributed by atoms with Gasteiger partial charge in [-0.25, -0.2) is 9.37 Å². The number of nitrogens with two attached hydrogens (primary N) is 1. The molecule has 1 aromatic heterocycles. The zero-order valence-corrected chi connectivity index (χ0v) is 12.5. The molecule has 0 bridgehead atoms. The van der Waals surface area contributed by atoms with Crippen LogP contribution in [0.3, 0.4) is 0 Å². The number of nitrogens with zero attached hydrogens (tertiary/aromatic N) is 1. The Morgan fingerprint density at radius 1 is 1.47 bits per heavy atom. The lowest BCUT2D eigenvalue weighted by Crippen LogP contribution is -1.99. The van der Waals surface area contributed by atoms with Gasteiger partial charge in [0, 0.05) is 14.4 Å². The fraction of sp³-hybridized carbons (Fsp3) is 0.250. The SMILES string of the molecule is Cc1nc(N)sc1C(C)c1ccc(F)cc1I. The highest BCUT2D eigenvalue weighted by Crippen LogP contribution is 2.34. The van der Waals surface area contributed by atoms with Gasteiger partial charge < -0.3 is 5.73 Å². The summed E-state index contributed by atoms with van der Waals surface area (Å²) in [5.74, 6) is -0.0109. The van der Waals surface area contributed by atoms with E-state index in [2.05, 4.69) is 34.5 Å². The Morgan fingerprint density at radius 2 is 2.18 bits per heavy atom. The van der Waals surface area contributed by atoms with E-state index in [1.807, 2.05) is 13.0 Å². The van der Waals surface area contributed by atoms with E-state index in [-0.39, 0.29) is 11.7 Å². The van der Waals surface area contributed by atoms with E-state index in [9.17, 15) is 4.39 Å². The molecule has 1 atom stereocenters. The molecule has 5 heteroatoms. The smallest absolute Gasteiger partial charge is 0.180 e. The number of benzene rings is 1. The highest BCUT2D eigenvalue weighted by Gasteiger charge is 2.17. The zero-order chi connectivity index (χ0) is 12.6. The Balaban J connectivity index is 2.43. The number of nitrogen functional groups attached to an aromatic ring is 1. The summed E-state index contributed by atoms with van der Waals surface area (Å²) in [6.45, 7) is 4.05. The first-order valence-corrected chi connectivity index (χ1v) is 7.06. The second kappa shape index (κ2) is 4.89. The standard InChI is InChI=1S/C12H12FIN2S/c1-6(11-7(2)16-12(15)17-11)9-4-3-8(13)5-10(9)14/h3-6H,1-2H3,(H2,15,16). The summed E-state index contributed by atoms with van der Waals surface area (Å²) in [5, 5.41) is 0.585. The monoisotopic (exact) mass is 362 g/mol. The normalized spacial score (nSPS) is 12.7. The average molecular weight is 362 g/mol. The summed E-state index contributed by atoms with van der Waals surface area (Å²) in [6.07, 6.45) is 0. The van der Waals surface area contributed by atoms with Gasteiger partial charge in [-0.05, 0) is 47.2 Å². The number of halogens is 2. The topological polar surface area (TPSA) is 38.9 Å². The Bertz CT molecular complexity index is 553. The molecule has 0 spiro atoms. The van der Waals surface area contributed by atoms with Crippen LogP contribution in [0.4, 0.5) is 9.52 Å². The molecule has 0 saturated heterocycles. The predicted molar refractivity (Wildman–Crippen MR) is 77.9 cm³/mol. The van der Waals surface area contributed by atoms with Crippen LogP contribution < -0.4 is 5.73 Å². The zero-order valence-electron chi connectivity index (χ0n) is 9.50. The minimum Gasteiger partial charge on any atom is -0.375 e. The maximum Gasteiger partial charge on any atom is 0.180 e. The van der Waals surface area contributed by atoms with Crippen LogP contribution >= 0.6 is 33.9 Å². The van der Waals surface area contributed by atoms with Gasteiger partial charge in [0.1, 0.15) is 5.82 Å². The molecule has 0 aliphatic carbocycles. The highest BCUT2D eigenvalue weighted by atomic mass is 127. The van der Waals surface area contributed by atoms with Gasteiger partial charge in [-0.2, -0.15) is 0 Å². The first-order chi connectivity index (χ1) is 7.99. The third-order valence-electron chi connectivity index (χ3n) is 2.67. The van der Waals surface area contributed by atoms with Crippen LogP contribution in [0.2, 0.25) is 0 Å². The van der Waals surface area contributed by atoms with Crippen molar-refractivity contribution in [2.24, 2.45) is 0 Å². The van der Waals surface area contributed by atoms with Crippen molar-refractivity contribution in [3.05, 3.63) is 43.7 Å². The summed E-state index contributed by atoms with van der Waals surface area (Å²) in [4.78, 5) is 5.37. The van der Waals surface area contributed by atoms with Gasteiger partial charge in [-0.1, -0.05) is 13.0 Å². The third kappa shape index (κ3) is 2.60. The quantitative estimate of drug-likeness (QED) is 0.823. The molecule has 0 aliphatic heterocycles. The number of rotatable bonds is 2. The van der Waals surface area contributed by atoms with Gasteiger partial charge in [0.15, 0.2) is 5.13 Å². The summed E-state index contributed by atoms with van der Waals surface area (Å²) in [5.41, 5.74) is 7.77. The highest BCUT2D eigenvalue weighted by molar-refractivity contribution is 14.1. The van der Waals surface area contributed by atoms with E-state index in [1.54, 1.807) is 6.07 Å². The first kappa shape index (κ1) is 12.8. The molecule has 17 heavy (non-hydrogen) atoms. The predicted octanol–water partition coefficient (Wildman–Crippen LogP) is 3.93. The van der Waals surface area contributed by atoms with Crippen molar-refractivity contribution in [2.45, 2.75) is 19.8 Å². The van der Waals surface area contributed by atoms with Crippen LogP contribution in [0.5, 0.6) is 0 Å². The van der Waals surface area contributed by atoms with Gasteiger partial charge >= 0.3 is 0 Å². The van der Waals surface area contributed by atoms with Crippen LogP contribution in [0.25, 0.3) is 0 Å². The molecule has 2 N–H and O–H groups in total. The maximum absolute atomic E-state index is 13.1. The summed E-state index contributed by atoms with van der Waals surface area (Å²) in [7, 11) is 0. The molecular formula is C12H12FIN2S. The van der Waals surface area contributed by atoms with Gasteiger partial charge in [0.25, 0.3) is 0 Å². The fourth-order valence-corrected chi connectivity index (χ4v) is 3.67. The molecule has 1 heterocycles. The van der Waals surface area contributed by atoms with Crippen LogP contribution in [-0.2, 0) is 0 Å². The minimum absolute atomic E-state index is 0.192. The van der Waals surface area contributed by atoms with E-state index < -0.39 is 0 Å². The molecule has 1 unspecified atom stereocenters. The van der Waals surface area contributed by atoms with Gasteiger partial charge in [-0.3, -0.25) is 0 Å². The van der Waals surface area contributed by atoms with Gasteiger partial charge in [-0.15, -0.1) is 11.3 Å². The van der Waals surface area contributed by atoms with Crippen molar-refractivity contribution in [3.8, 4) is 0 Å². The van der Waals surface area contributed by atoms with Gasteiger partial charge in [0.2, 0.25) is 0 Å². The molecule has 0 amide bonds. The van der Waals surface area contributed by atoms with Crippen molar-refractivity contribution >= 4 is 39.1 Å². The molecule has 2 aromatic rings. The van der Waals surface area contributed by atoms with E-state index in [1.165, 1.54) is 17.4 Å². The number of hydrogen-bond acceptors (Lipinski definition) is 3. The average Bonchev–Trinajstić information content (AvgIpc) is 2.57. The molecule has 2 rings (SSSR count). The van der Waals surface area contributed by atoms with Crippen molar-refractivity contribution in [1.82, 2.24) is 4.98 Å². The number of anilines is 1. The number of aryl methyl sites for hydroxylation is 1. The molecule has 0 saturated carbocycles. The molecule has 90 valence electrons. The van der Waals surface area contributed by atoms with E-state index in [0.29, 0.717) is 5.13 Å². The van der Waals surface area contributed by atoms with Gasteiger partial charge in [0.05, 0.1) is 5.69 Å². The van der Waals surface area contributed by atoms with Crippen LogP contribution in [0, 0.1) is 16.3 Å². The summed E-state index contributed by atoms with van der Waals surface area (Å²) < 4.78 is 14.0. The van der Waals surface area contributed by atoms with Crippen LogP contribution in [0.1, 0.15) is 29.0 Å². The van der Waals surface area contributed by atoms with Crippen molar-refractivity contribution in [1.29, 1.82) is 0 Å². The van der Waals surface area contributed by atoms with E-state index in [0.717, 1.165) is 19.7 Å². The van der Waals surface area contributed by atoms with Crippen LogP contribution in [-0.4, -0.2) is 4.98 Å². The fourth-order valence-electron chi connectivity index (χ4n) is 1.83. The Hall–Kier alpha value is -0.690. The molecule has 0 radical (unpaired) electrons. The van der Waals surface area contributed by atoms with Crippen molar-refractivity contribution in [3.63, 3.8) is 0 Å². The lowest BCUT2D eigenvalue weighted by atomic mass is 9.99. The van der Waals surface area contributed by atoms with Crippen molar-refractivity contribution < 1.29 is 4.39 Å². The number of aromatic nitrogens is 1. The Kier molecular flexibility index (Phi) is 3.67. The lowest BCUT2D eigenvalue weighted by Gasteiger charge is -2.12. The molecule has 0 aliphatic rings. The maximum atomic E-state index is 13.1. The lowest BCUT2D eigenvalue weighted by molar-refractivity contribution is 0.625. The van der Waals surface area contributed by atoms with Crippen molar-refractivity contribution in [2.75, 3.05) is 5.73 Å². The molecule has 2 nitrogen and oxygen atoms in total. The second-order valence-electron chi connectivity index (χ2n) is 3.89. The largest absolute Gasteiger partial charge is 0.375 e. The summed E-state index contributed by atoms with van der Waals surface area (Å²) in [6, 6.07) is 4.87. The third-order valence-corrected chi connectivity index (χ3v) is 4.77. The van der Waals surface area contributed by atoms with E-state index in [4.69, 9.17) is 5.73 Å². The minimum atomic E-state index is -0.203. The van der Waals surface area contributed by atoms with E-state index >= 15 is 0 Å². The second-order valence-corrected chi connectivity index (χ2v) is 6.11. The summed E-state index contributed by atoms with van der Waals surface area (Å²) >= 11 is 3.66. The first-order valence-electron chi connectivity index (χ1n) is 5.16. The Labute approximate surface area is 117 Å². The number of thiazole rings is 1. The number of hydrogen-bond donors (Lipinski definition) is 1. The molecule has 0 fully saturated rings. The molecule has 1 aromatic carbocycles. The van der Waals surface area contributed by atoms with Crippen LogP contribution in [0.15, 0.2) is 18.2 Å². The molecular weight excluding hydrogens is 350 g/mol.